The van der Waals surface area contributed by atoms with Crippen molar-refractivity contribution in [1.82, 2.24) is 10.2 Å². The van der Waals surface area contributed by atoms with Gasteiger partial charge < -0.3 is 10.1 Å². The molecule has 1 atom stereocenters. The van der Waals surface area contributed by atoms with E-state index in [0.717, 1.165) is 32.8 Å². The van der Waals surface area contributed by atoms with Crippen LogP contribution in [0.25, 0.3) is 0 Å². The summed E-state index contributed by atoms with van der Waals surface area (Å²) in [5.41, 5.74) is 0. The van der Waals surface area contributed by atoms with Crippen LogP contribution in [-0.4, -0.2) is 62.3 Å². The summed E-state index contributed by atoms with van der Waals surface area (Å²) < 4.78 is 5.53. The number of morpholine rings is 1. The van der Waals surface area contributed by atoms with Crippen molar-refractivity contribution in [2.75, 3.05) is 51.4 Å². The van der Waals surface area contributed by atoms with Gasteiger partial charge in [-0.3, -0.25) is 4.90 Å². The molecule has 0 aliphatic carbocycles. The van der Waals surface area contributed by atoms with Crippen molar-refractivity contribution >= 4 is 11.8 Å². The van der Waals surface area contributed by atoms with Gasteiger partial charge in [0, 0.05) is 31.4 Å². The highest BCUT2D eigenvalue weighted by molar-refractivity contribution is 7.98. The van der Waals surface area contributed by atoms with Crippen LogP contribution in [-0.2, 0) is 4.74 Å². The van der Waals surface area contributed by atoms with Crippen LogP contribution in [0.1, 0.15) is 13.3 Å². The number of thioether (sulfide) groups is 1. The van der Waals surface area contributed by atoms with Gasteiger partial charge in [0.2, 0.25) is 0 Å². The quantitative estimate of drug-likeness (QED) is 0.663. The number of hydrogen-bond donors (Lipinski definition) is 1. The van der Waals surface area contributed by atoms with Crippen molar-refractivity contribution in [3.8, 4) is 0 Å². The highest BCUT2D eigenvalue weighted by atomic mass is 32.2. The predicted octanol–water partition coefficient (Wildman–Crippen LogP) is 1.05. The van der Waals surface area contributed by atoms with E-state index in [-0.39, 0.29) is 0 Å². The fraction of sp³-hybridized carbons (Fsp3) is 1.00. The molecule has 1 heterocycles. The van der Waals surface area contributed by atoms with E-state index in [9.17, 15) is 0 Å². The smallest absolute Gasteiger partial charge is 0.0634 e. The topological polar surface area (TPSA) is 24.5 Å². The van der Waals surface area contributed by atoms with Gasteiger partial charge in [0.1, 0.15) is 0 Å². The Bertz CT molecular complexity index is 158. The number of nitrogens with one attached hydrogen (secondary N) is 1. The molecule has 0 aromatic carbocycles. The lowest BCUT2D eigenvalue weighted by Crippen LogP contribution is -2.51. The van der Waals surface area contributed by atoms with Crippen LogP contribution >= 0.6 is 11.8 Å². The first-order valence-corrected chi connectivity index (χ1v) is 7.29. The molecule has 4 heteroatoms. The van der Waals surface area contributed by atoms with Crippen LogP contribution in [0.4, 0.5) is 0 Å². The maximum Gasteiger partial charge on any atom is 0.0634 e. The van der Waals surface area contributed by atoms with Crippen molar-refractivity contribution in [2.45, 2.75) is 19.4 Å². The number of nitrogens with zero attached hydrogens (tertiary/aromatic N) is 1. The van der Waals surface area contributed by atoms with Gasteiger partial charge in [-0.2, -0.15) is 11.8 Å². The minimum Gasteiger partial charge on any atom is -0.378 e. The molecule has 3 nitrogen and oxygen atoms in total. The molecule has 1 saturated heterocycles. The zero-order chi connectivity index (χ0) is 10.9. The predicted molar refractivity (Wildman–Crippen MR) is 67.7 cm³/mol. The van der Waals surface area contributed by atoms with Gasteiger partial charge in [-0.05, 0) is 19.2 Å². The third-order valence-electron chi connectivity index (χ3n) is 2.74. The summed E-state index contributed by atoms with van der Waals surface area (Å²) >= 11 is 1.92. The van der Waals surface area contributed by atoms with E-state index in [4.69, 9.17) is 4.74 Å². The van der Waals surface area contributed by atoms with Gasteiger partial charge in [-0.25, -0.2) is 0 Å². The first-order chi connectivity index (χ1) is 7.38. The van der Waals surface area contributed by atoms with Crippen molar-refractivity contribution < 1.29 is 4.74 Å². The molecule has 0 amide bonds. The minimum atomic E-state index is 0.581. The van der Waals surface area contributed by atoms with Crippen molar-refractivity contribution in [3.63, 3.8) is 0 Å². The number of ether oxygens (including phenoxy) is 1. The minimum absolute atomic E-state index is 0.581. The third-order valence-corrected chi connectivity index (χ3v) is 3.33. The average molecular weight is 232 g/mol. The molecular weight excluding hydrogens is 208 g/mol. The molecule has 1 unspecified atom stereocenters. The Kier molecular flexibility index (Phi) is 7.44. The second-order valence-electron chi connectivity index (χ2n) is 3.96. The first-order valence-electron chi connectivity index (χ1n) is 5.90. The summed E-state index contributed by atoms with van der Waals surface area (Å²) in [7, 11) is 0. The van der Waals surface area contributed by atoms with Crippen LogP contribution in [0.2, 0.25) is 0 Å². The Morgan fingerprint density at radius 1 is 1.53 bits per heavy atom. The monoisotopic (exact) mass is 232 g/mol. The lowest BCUT2D eigenvalue weighted by Gasteiger charge is -2.35. The van der Waals surface area contributed by atoms with Gasteiger partial charge in [-0.1, -0.05) is 6.92 Å². The fourth-order valence-electron chi connectivity index (χ4n) is 1.83. The van der Waals surface area contributed by atoms with Crippen LogP contribution in [0.5, 0.6) is 0 Å². The molecule has 90 valence electrons. The molecule has 0 aromatic heterocycles. The van der Waals surface area contributed by atoms with Crippen LogP contribution in [0, 0.1) is 0 Å². The molecule has 0 bridgehead atoms. The van der Waals surface area contributed by atoms with Gasteiger partial charge >= 0.3 is 0 Å². The summed E-state index contributed by atoms with van der Waals surface area (Å²) in [6.07, 6.45) is 3.38. The Morgan fingerprint density at radius 3 is 3.13 bits per heavy atom. The van der Waals surface area contributed by atoms with E-state index < -0.39 is 0 Å². The van der Waals surface area contributed by atoms with Crippen molar-refractivity contribution in [2.24, 2.45) is 0 Å². The SMILES string of the molecule is CCCNCC1COCCN1CCSC. The van der Waals surface area contributed by atoms with E-state index in [2.05, 4.69) is 23.4 Å². The molecular formula is C11H24N2OS. The van der Waals surface area contributed by atoms with Gasteiger partial charge in [0.25, 0.3) is 0 Å². The molecule has 0 saturated carbocycles. The van der Waals surface area contributed by atoms with Crippen molar-refractivity contribution in [1.29, 1.82) is 0 Å². The summed E-state index contributed by atoms with van der Waals surface area (Å²) in [5, 5.41) is 3.48. The summed E-state index contributed by atoms with van der Waals surface area (Å²) in [6, 6.07) is 0.581. The lowest BCUT2D eigenvalue weighted by molar-refractivity contribution is -0.00350. The van der Waals surface area contributed by atoms with Gasteiger partial charge in [-0.15, -0.1) is 0 Å². The van der Waals surface area contributed by atoms with E-state index >= 15 is 0 Å². The Balaban J connectivity index is 2.22. The largest absolute Gasteiger partial charge is 0.378 e. The molecule has 1 aliphatic rings. The summed E-state index contributed by atoms with van der Waals surface area (Å²) in [6.45, 7) is 8.48. The van der Waals surface area contributed by atoms with Crippen LogP contribution in [0.3, 0.4) is 0 Å². The number of hydrogen-bond acceptors (Lipinski definition) is 4. The standard InChI is InChI=1S/C11H24N2OS/c1-3-4-12-9-11-10-14-7-5-13(11)6-8-15-2/h11-12H,3-10H2,1-2H3. The zero-order valence-corrected chi connectivity index (χ0v) is 10.8. The molecule has 0 spiro atoms. The molecule has 15 heavy (non-hydrogen) atoms. The second kappa shape index (κ2) is 8.39. The average Bonchev–Trinajstić information content (AvgIpc) is 2.28. The van der Waals surface area contributed by atoms with E-state index in [1.807, 2.05) is 11.8 Å². The summed E-state index contributed by atoms with van der Waals surface area (Å²) in [4.78, 5) is 2.56. The molecule has 1 aliphatic heterocycles. The van der Waals surface area contributed by atoms with Crippen LogP contribution < -0.4 is 5.32 Å². The summed E-state index contributed by atoms with van der Waals surface area (Å²) in [5.74, 6) is 1.23. The zero-order valence-electron chi connectivity index (χ0n) is 10.00. The molecule has 0 radical (unpaired) electrons. The van der Waals surface area contributed by atoms with E-state index in [1.54, 1.807) is 0 Å². The normalized spacial score (nSPS) is 23.2. The number of rotatable bonds is 7. The first kappa shape index (κ1) is 13.3. The van der Waals surface area contributed by atoms with Gasteiger partial charge in [0.05, 0.1) is 13.2 Å². The molecule has 1 N–H and O–H groups in total. The third kappa shape index (κ3) is 5.20. The van der Waals surface area contributed by atoms with E-state index in [1.165, 1.54) is 18.7 Å². The molecule has 0 aromatic rings. The fourth-order valence-corrected chi connectivity index (χ4v) is 2.24. The highest BCUT2D eigenvalue weighted by Crippen LogP contribution is 2.07. The Morgan fingerprint density at radius 2 is 2.40 bits per heavy atom. The van der Waals surface area contributed by atoms with Gasteiger partial charge in [0.15, 0.2) is 0 Å². The maximum atomic E-state index is 5.53. The second-order valence-corrected chi connectivity index (χ2v) is 4.95. The lowest BCUT2D eigenvalue weighted by atomic mass is 10.2. The molecule has 1 fully saturated rings. The van der Waals surface area contributed by atoms with E-state index in [0.29, 0.717) is 6.04 Å². The highest BCUT2D eigenvalue weighted by Gasteiger charge is 2.21. The Labute approximate surface area is 97.9 Å². The Hall–Kier alpha value is 0.230. The van der Waals surface area contributed by atoms with Crippen molar-refractivity contribution in [3.05, 3.63) is 0 Å². The maximum absolute atomic E-state index is 5.53. The molecule has 1 rings (SSSR count). The van der Waals surface area contributed by atoms with Crippen LogP contribution in [0.15, 0.2) is 0 Å².